The van der Waals surface area contributed by atoms with Gasteiger partial charge < -0.3 is 9.88 Å². The first-order chi connectivity index (χ1) is 7.74. The minimum Gasteiger partial charge on any atom is -0.338 e. The van der Waals surface area contributed by atoms with Crippen molar-refractivity contribution in [3.8, 4) is 0 Å². The third-order valence-corrected chi connectivity index (χ3v) is 2.60. The minimum atomic E-state index is 0.956. The molecule has 0 saturated heterocycles. The average molecular weight is 221 g/mol. The van der Waals surface area contributed by atoms with E-state index in [0.717, 1.165) is 31.8 Å². The molecule has 1 aromatic heterocycles. The Hall–Kier alpha value is -1.09. The molecule has 1 heterocycles. The van der Waals surface area contributed by atoms with Gasteiger partial charge in [0.2, 0.25) is 0 Å². The Morgan fingerprint density at radius 2 is 2.31 bits per heavy atom. The fraction of sp³-hybridized carbons (Fsp3) is 0.615. The normalized spacial score (nSPS) is 12.1. The van der Waals surface area contributed by atoms with Gasteiger partial charge in [-0.25, -0.2) is 4.98 Å². The number of allylic oxidation sites excluding steroid dienone is 1. The standard InChI is InChI=1S/C13H23N3/c1-4-7-14-8-5-6-12(2)11-13-15-9-10-16(13)3/h6,9-10,14H,4-5,7-8,11H2,1-3H3. The predicted octanol–water partition coefficient (Wildman–Crippen LogP) is 2.30. The van der Waals surface area contributed by atoms with Crippen molar-refractivity contribution in [2.24, 2.45) is 7.05 Å². The van der Waals surface area contributed by atoms with Crippen molar-refractivity contribution in [3.05, 3.63) is 29.9 Å². The summed E-state index contributed by atoms with van der Waals surface area (Å²) < 4.78 is 2.08. The lowest BCUT2D eigenvalue weighted by Crippen LogP contribution is -2.15. The number of nitrogens with one attached hydrogen (secondary N) is 1. The molecule has 1 aromatic rings. The van der Waals surface area contributed by atoms with Crippen LogP contribution in [0.1, 0.15) is 32.5 Å². The molecule has 0 aliphatic heterocycles. The zero-order chi connectivity index (χ0) is 11.8. The molecule has 0 radical (unpaired) electrons. The topological polar surface area (TPSA) is 29.9 Å². The molecule has 0 saturated carbocycles. The van der Waals surface area contributed by atoms with Crippen LogP contribution in [0.4, 0.5) is 0 Å². The van der Waals surface area contributed by atoms with Gasteiger partial charge in [0.25, 0.3) is 0 Å². The summed E-state index contributed by atoms with van der Waals surface area (Å²) in [6.45, 7) is 6.56. The Bertz CT molecular complexity index is 326. The molecule has 0 bridgehead atoms. The van der Waals surface area contributed by atoms with Gasteiger partial charge in [0, 0.05) is 25.9 Å². The van der Waals surface area contributed by atoms with E-state index in [1.807, 2.05) is 19.4 Å². The maximum atomic E-state index is 4.32. The highest BCUT2D eigenvalue weighted by molar-refractivity contribution is 5.08. The fourth-order valence-electron chi connectivity index (χ4n) is 1.61. The van der Waals surface area contributed by atoms with Crippen molar-refractivity contribution < 1.29 is 0 Å². The van der Waals surface area contributed by atoms with E-state index in [0.29, 0.717) is 0 Å². The van der Waals surface area contributed by atoms with Gasteiger partial charge in [-0.1, -0.05) is 18.6 Å². The van der Waals surface area contributed by atoms with E-state index in [2.05, 4.69) is 34.8 Å². The first-order valence-electron chi connectivity index (χ1n) is 6.06. The highest BCUT2D eigenvalue weighted by Gasteiger charge is 1.99. The molecular weight excluding hydrogens is 198 g/mol. The number of hydrogen-bond acceptors (Lipinski definition) is 2. The molecule has 1 N–H and O–H groups in total. The summed E-state index contributed by atoms with van der Waals surface area (Å²) in [5, 5.41) is 3.40. The smallest absolute Gasteiger partial charge is 0.112 e. The molecule has 0 aliphatic carbocycles. The fourth-order valence-corrected chi connectivity index (χ4v) is 1.61. The Morgan fingerprint density at radius 1 is 1.50 bits per heavy atom. The van der Waals surface area contributed by atoms with Crippen LogP contribution in [0.3, 0.4) is 0 Å². The van der Waals surface area contributed by atoms with Gasteiger partial charge in [-0.05, 0) is 32.9 Å². The van der Waals surface area contributed by atoms with E-state index in [9.17, 15) is 0 Å². The highest BCUT2D eigenvalue weighted by atomic mass is 15.0. The molecule has 0 aliphatic rings. The van der Waals surface area contributed by atoms with Crippen LogP contribution < -0.4 is 5.32 Å². The van der Waals surface area contributed by atoms with Crippen LogP contribution in [0.2, 0.25) is 0 Å². The zero-order valence-electron chi connectivity index (χ0n) is 10.7. The Labute approximate surface area is 98.6 Å². The molecule has 0 atom stereocenters. The van der Waals surface area contributed by atoms with Crippen LogP contribution in [-0.4, -0.2) is 22.6 Å². The molecule has 1 rings (SSSR count). The van der Waals surface area contributed by atoms with Gasteiger partial charge in [-0.3, -0.25) is 0 Å². The molecule has 0 aromatic carbocycles. The van der Waals surface area contributed by atoms with Crippen LogP contribution in [0.15, 0.2) is 24.0 Å². The summed E-state index contributed by atoms with van der Waals surface area (Å²) in [6, 6.07) is 0. The molecule has 0 amide bonds. The van der Waals surface area contributed by atoms with Crippen LogP contribution >= 0.6 is 0 Å². The Balaban J connectivity index is 2.26. The third kappa shape index (κ3) is 4.62. The van der Waals surface area contributed by atoms with E-state index in [-0.39, 0.29) is 0 Å². The molecule has 90 valence electrons. The summed E-state index contributed by atoms with van der Waals surface area (Å²) in [5.74, 6) is 1.13. The molecule has 16 heavy (non-hydrogen) atoms. The molecule has 3 nitrogen and oxygen atoms in total. The van der Waals surface area contributed by atoms with Crippen LogP contribution in [0.25, 0.3) is 0 Å². The summed E-state index contributed by atoms with van der Waals surface area (Å²) in [4.78, 5) is 4.32. The van der Waals surface area contributed by atoms with E-state index in [1.54, 1.807) is 0 Å². The van der Waals surface area contributed by atoms with Gasteiger partial charge in [-0.15, -0.1) is 0 Å². The van der Waals surface area contributed by atoms with Crippen molar-refractivity contribution in [1.82, 2.24) is 14.9 Å². The lowest BCUT2D eigenvalue weighted by atomic mass is 10.1. The van der Waals surface area contributed by atoms with Crippen molar-refractivity contribution >= 4 is 0 Å². The second-order valence-corrected chi connectivity index (χ2v) is 4.22. The summed E-state index contributed by atoms with van der Waals surface area (Å²) in [7, 11) is 2.04. The van der Waals surface area contributed by atoms with Crippen LogP contribution in [0.5, 0.6) is 0 Å². The second-order valence-electron chi connectivity index (χ2n) is 4.22. The molecule has 0 unspecified atom stereocenters. The SMILES string of the molecule is CCCNCCC=C(C)Cc1nccn1C. The predicted molar refractivity (Wildman–Crippen MR) is 68.4 cm³/mol. The van der Waals surface area contributed by atoms with Gasteiger partial charge in [0.05, 0.1) is 0 Å². The lowest BCUT2D eigenvalue weighted by Gasteiger charge is -2.03. The van der Waals surface area contributed by atoms with Crippen molar-refractivity contribution in [2.45, 2.75) is 33.1 Å². The second kappa shape index (κ2) is 7.23. The Morgan fingerprint density at radius 3 is 2.94 bits per heavy atom. The zero-order valence-corrected chi connectivity index (χ0v) is 10.7. The number of imidazole rings is 1. The van der Waals surface area contributed by atoms with Crippen molar-refractivity contribution in [2.75, 3.05) is 13.1 Å². The molecule has 0 spiro atoms. The van der Waals surface area contributed by atoms with Gasteiger partial charge in [0.1, 0.15) is 5.82 Å². The summed E-state index contributed by atoms with van der Waals surface area (Å²) in [5.41, 5.74) is 1.40. The maximum Gasteiger partial charge on any atom is 0.112 e. The van der Waals surface area contributed by atoms with E-state index < -0.39 is 0 Å². The minimum absolute atomic E-state index is 0.956. The maximum absolute atomic E-state index is 4.32. The molecule has 3 heteroatoms. The Kier molecular flexibility index (Phi) is 5.86. The average Bonchev–Trinajstić information content (AvgIpc) is 2.64. The largest absolute Gasteiger partial charge is 0.338 e. The highest BCUT2D eigenvalue weighted by Crippen LogP contribution is 2.05. The van der Waals surface area contributed by atoms with E-state index in [1.165, 1.54) is 12.0 Å². The first-order valence-corrected chi connectivity index (χ1v) is 6.06. The number of aryl methyl sites for hydroxylation is 1. The first kappa shape index (κ1) is 13.0. The van der Waals surface area contributed by atoms with Crippen molar-refractivity contribution in [3.63, 3.8) is 0 Å². The summed E-state index contributed by atoms with van der Waals surface area (Å²) in [6.07, 6.45) is 9.41. The van der Waals surface area contributed by atoms with Gasteiger partial charge in [0.15, 0.2) is 0 Å². The van der Waals surface area contributed by atoms with Crippen molar-refractivity contribution in [1.29, 1.82) is 0 Å². The van der Waals surface area contributed by atoms with Crippen LogP contribution in [0, 0.1) is 0 Å². The number of aromatic nitrogens is 2. The number of hydrogen-bond donors (Lipinski definition) is 1. The lowest BCUT2D eigenvalue weighted by molar-refractivity contribution is 0.676. The number of rotatable bonds is 7. The monoisotopic (exact) mass is 221 g/mol. The van der Waals surface area contributed by atoms with Gasteiger partial charge >= 0.3 is 0 Å². The van der Waals surface area contributed by atoms with E-state index >= 15 is 0 Å². The molecular formula is C13H23N3. The molecule has 0 fully saturated rings. The van der Waals surface area contributed by atoms with E-state index in [4.69, 9.17) is 0 Å². The quantitative estimate of drug-likeness (QED) is 0.565. The summed E-state index contributed by atoms with van der Waals surface area (Å²) >= 11 is 0. The van der Waals surface area contributed by atoms with Gasteiger partial charge in [-0.2, -0.15) is 0 Å². The van der Waals surface area contributed by atoms with Crippen LogP contribution in [-0.2, 0) is 13.5 Å². The third-order valence-electron chi connectivity index (χ3n) is 2.60. The number of nitrogens with zero attached hydrogens (tertiary/aromatic N) is 2.